The van der Waals surface area contributed by atoms with Crippen molar-refractivity contribution in [2.75, 3.05) is 26.8 Å². The van der Waals surface area contributed by atoms with Gasteiger partial charge in [0.25, 0.3) is 5.91 Å². The molecule has 1 aliphatic heterocycles. The summed E-state index contributed by atoms with van der Waals surface area (Å²) < 4.78 is 11.1. The monoisotopic (exact) mass is 307 g/mol. The molecule has 2 rings (SSSR count). The van der Waals surface area contributed by atoms with Gasteiger partial charge >= 0.3 is 0 Å². The molecule has 0 bridgehead atoms. The highest BCUT2D eigenvalue weighted by Gasteiger charge is 2.36. The number of morpholine rings is 1. The second-order valence-corrected chi connectivity index (χ2v) is 6.62. The summed E-state index contributed by atoms with van der Waals surface area (Å²) >= 11 is 0. The Balaban J connectivity index is 2.25. The lowest BCUT2D eigenvalue weighted by atomic mass is 10.0. The molecule has 1 atom stereocenters. The zero-order valence-electron chi connectivity index (χ0n) is 14.0. The van der Waals surface area contributed by atoms with Crippen LogP contribution in [0.3, 0.4) is 0 Å². The Morgan fingerprint density at radius 2 is 2.27 bits per heavy atom. The first-order valence-corrected chi connectivity index (χ1v) is 7.60. The van der Waals surface area contributed by atoms with Gasteiger partial charge in [0.15, 0.2) is 0 Å². The number of hydrogen-bond donors (Lipinski definition) is 0. The third-order valence-electron chi connectivity index (χ3n) is 3.64. The van der Waals surface area contributed by atoms with Crippen molar-refractivity contribution in [2.24, 2.45) is 0 Å². The maximum absolute atomic E-state index is 12.9. The van der Waals surface area contributed by atoms with Crippen molar-refractivity contribution in [3.8, 4) is 0 Å². The molecular formula is C16H25N3O3. The molecule has 1 amide bonds. The van der Waals surface area contributed by atoms with Crippen LogP contribution in [0.5, 0.6) is 0 Å². The Hall–Kier alpha value is -1.53. The maximum Gasteiger partial charge on any atom is 0.257 e. The van der Waals surface area contributed by atoms with Crippen molar-refractivity contribution in [1.82, 2.24) is 14.9 Å². The van der Waals surface area contributed by atoms with E-state index in [1.807, 2.05) is 32.6 Å². The predicted molar refractivity (Wildman–Crippen MR) is 82.9 cm³/mol. The normalized spacial score (nSPS) is 21.2. The van der Waals surface area contributed by atoms with Crippen LogP contribution in [0.1, 0.15) is 49.7 Å². The second kappa shape index (κ2) is 6.71. The number of carbonyl (C=O) groups is 1. The summed E-state index contributed by atoms with van der Waals surface area (Å²) in [5.74, 6) is 0.132. The Bertz CT molecular complexity index is 531. The molecule has 0 spiro atoms. The number of rotatable bonds is 4. The molecule has 1 aromatic heterocycles. The van der Waals surface area contributed by atoms with E-state index in [1.54, 1.807) is 13.3 Å². The first kappa shape index (κ1) is 16.8. The molecule has 0 aromatic carbocycles. The quantitative estimate of drug-likeness (QED) is 0.849. The fourth-order valence-electron chi connectivity index (χ4n) is 2.86. The third kappa shape index (κ3) is 3.81. The summed E-state index contributed by atoms with van der Waals surface area (Å²) in [5.41, 5.74) is 0.962. The molecule has 0 saturated carbocycles. The van der Waals surface area contributed by atoms with Gasteiger partial charge in [0.1, 0.15) is 6.33 Å². The van der Waals surface area contributed by atoms with E-state index in [2.05, 4.69) is 9.97 Å². The van der Waals surface area contributed by atoms with Gasteiger partial charge in [-0.2, -0.15) is 0 Å². The number of amides is 1. The topological polar surface area (TPSA) is 64.5 Å². The molecule has 1 aromatic rings. The van der Waals surface area contributed by atoms with Crippen LogP contribution >= 0.6 is 0 Å². The standard InChI is InChI=1S/C16H25N3O3/c1-11(2)14-13(6-17-10-18-14)15(20)19-7-12(8-21-5)22-16(3,4)9-19/h6,10-12H,7-9H2,1-5H3/t12-/m0/s1. The smallest absolute Gasteiger partial charge is 0.257 e. The molecule has 1 aliphatic rings. The van der Waals surface area contributed by atoms with Crippen LogP contribution in [0.4, 0.5) is 0 Å². The highest BCUT2D eigenvalue weighted by Crippen LogP contribution is 2.24. The van der Waals surface area contributed by atoms with Gasteiger partial charge in [0.2, 0.25) is 0 Å². The first-order valence-electron chi connectivity index (χ1n) is 7.60. The minimum Gasteiger partial charge on any atom is -0.382 e. The third-order valence-corrected chi connectivity index (χ3v) is 3.64. The van der Waals surface area contributed by atoms with Crippen molar-refractivity contribution in [1.29, 1.82) is 0 Å². The number of hydrogen-bond acceptors (Lipinski definition) is 5. The lowest BCUT2D eigenvalue weighted by Gasteiger charge is -2.42. The highest BCUT2D eigenvalue weighted by atomic mass is 16.5. The van der Waals surface area contributed by atoms with Gasteiger partial charge in [-0.25, -0.2) is 9.97 Å². The van der Waals surface area contributed by atoms with Crippen LogP contribution in [0, 0.1) is 0 Å². The van der Waals surface area contributed by atoms with E-state index >= 15 is 0 Å². The molecule has 22 heavy (non-hydrogen) atoms. The van der Waals surface area contributed by atoms with Gasteiger partial charge in [-0.3, -0.25) is 4.79 Å². The molecule has 0 radical (unpaired) electrons. The van der Waals surface area contributed by atoms with Gasteiger partial charge in [-0.05, 0) is 19.8 Å². The summed E-state index contributed by atoms with van der Waals surface area (Å²) in [6.07, 6.45) is 2.98. The van der Waals surface area contributed by atoms with Gasteiger partial charge in [-0.15, -0.1) is 0 Å². The fourth-order valence-corrected chi connectivity index (χ4v) is 2.86. The van der Waals surface area contributed by atoms with Crippen LogP contribution in [0.15, 0.2) is 12.5 Å². The van der Waals surface area contributed by atoms with Gasteiger partial charge in [0.05, 0.1) is 29.6 Å². The molecule has 122 valence electrons. The Labute approximate surface area is 131 Å². The number of ether oxygens (including phenoxy) is 2. The van der Waals surface area contributed by atoms with Crippen LogP contribution in [0.2, 0.25) is 0 Å². The average Bonchev–Trinajstić information content (AvgIpc) is 2.45. The van der Waals surface area contributed by atoms with Crippen LogP contribution in [0.25, 0.3) is 0 Å². The molecular weight excluding hydrogens is 282 g/mol. The van der Waals surface area contributed by atoms with Crippen LogP contribution in [-0.2, 0) is 9.47 Å². The fraction of sp³-hybridized carbons (Fsp3) is 0.688. The zero-order chi connectivity index (χ0) is 16.3. The zero-order valence-corrected chi connectivity index (χ0v) is 14.0. The Kier molecular flexibility index (Phi) is 5.13. The van der Waals surface area contributed by atoms with Crippen LogP contribution < -0.4 is 0 Å². The molecule has 0 unspecified atom stereocenters. The average molecular weight is 307 g/mol. The molecule has 6 nitrogen and oxygen atoms in total. The van der Waals surface area contributed by atoms with Crippen molar-refractivity contribution < 1.29 is 14.3 Å². The molecule has 0 N–H and O–H groups in total. The maximum atomic E-state index is 12.9. The predicted octanol–water partition coefficient (Wildman–Crippen LogP) is 1.87. The van der Waals surface area contributed by atoms with E-state index < -0.39 is 5.60 Å². The van der Waals surface area contributed by atoms with Gasteiger partial charge < -0.3 is 14.4 Å². The van der Waals surface area contributed by atoms with Crippen molar-refractivity contribution >= 4 is 5.91 Å². The lowest BCUT2D eigenvalue weighted by Crippen LogP contribution is -2.55. The highest BCUT2D eigenvalue weighted by molar-refractivity contribution is 5.95. The van der Waals surface area contributed by atoms with E-state index in [-0.39, 0.29) is 17.9 Å². The van der Waals surface area contributed by atoms with E-state index in [9.17, 15) is 4.79 Å². The van der Waals surface area contributed by atoms with Crippen molar-refractivity contribution in [3.05, 3.63) is 23.8 Å². The minimum absolute atomic E-state index is 0.0400. The molecule has 2 heterocycles. The second-order valence-electron chi connectivity index (χ2n) is 6.62. The van der Waals surface area contributed by atoms with Gasteiger partial charge in [0, 0.05) is 26.4 Å². The molecule has 1 saturated heterocycles. The summed E-state index contributed by atoms with van der Waals surface area (Å²) in [7, 11) is 1.64. The van der Waals surface area contributed by atoms with Crippen molar-refractivity contribution in [3.63, 3.8) is 0 Å². The summed E-state index contributed by atoms with van der Waals surface area (Å²) in [6, 6.07) is 0. The van der Waals surface area contributed by atoms with Crippen LogP contribution in [-0.4, -0.2) is 59.3 Å². The minimum atomic E-state index is -0.398. The Morgan fingerprint density at radius 1 is 1.55 bits per heavy atom. The van der Waals surface area contributed by atoms with E-state index in [4.69, 9.17) is 9.47 Å². The molecule has 6 heteroatoms. The van der Waals surface area contributed by atoms with Crippen molar-refractivity contribution in [2.45, 2.75) is 45.3 Å². The molecule has 0 aliphatic carbocycles. The first-order chi connectivity index (χ1) is 10.3. The molecule has 1 fully saturated rings. The summed E-state index contributed by atoms with van der Waals surface area (Å²) in [5, 5.41) is 0. The van der Waals surface area contributed by atoms with E-state index in [0.717, 1.165) is 5.69 Å². The number of aromatic nitrogens is 2. The SMILES string of the molecule is COC[C@@H]1CN(C(=O)c2cncnc2C(C)C)CC(C)(C)O1. The van der Waals surface area contributed by atoms with E-state index in [1.165, 1.54) is 6.33 Å². The summed E-state index contributed by atoms with van der Waals surface area (Å²) in [6.45, 7) is 9.54. The number of nitrogens with zero attached hydrogens (tertiary/aromatic N) is 3. The Morgan fingerprint density at radius 3 is 2.91 bits per heavy atom. The summed E-state index contributed by atoms with van der Waals surface area (Å²) in [4.78, 5) is 23.0. The lowest BCUT2D eigenvalue weighted by molar-refractivity contribution is -0.143. The number of carbonyl (C=O) groups excluding carboxylic acids is 1. The van der Waals surface area contributed by atoms with E-state index in [0.29, 0.717) is 25.3 Å². The van der Waals surface area contributed by atoms with Gasteiger partial charge in [-0.1, -0.05) is 13.8 Å². The largest absolute Gasteiger partial charge is 0.382 e. The number of methoxy groups -OCH3 is 1.